The van der Waals surface area contributed by atoms with Gasteiger partial charge in [-0.25, -0.2) is 0 Å². The van der Waals surface area contributed by atoms with Crippen LogP contribution in [0.25, 0.3) is 0 Å². The summed E-state index contributed by atoms with van der Waals surface area (Å²) in [7, 11) is 0. The van der Waals surface area contributed by atoms with E-state index in [9.17, 15) is 14.4 Å². The molecular weight excluding hydrogens is 865 g/mol. The van der Waals surface area contributed by atoms with Gasteiger partial charge in [0.15, 0.2) is 6.10 Å². The molecule has 0 bridgehead atoms. The number of hydrogen-bond donors (Lipinski definition) is 0. The molecule has 0 spiro atoms. The second-order valence-electron chi connectivity index (χ2n) is 19.5. The maximum atomic E-state index is 12.9. The molecule has 0 heterocycles. The molecule has 0 aliphatic carbocycles. The first kappa shape index (κ1) is 66.6. The fourth-order valence-electron chi connectivity index (χ4n) is 8.21. The van der Waals surface area contributed by atoms with Gasteiger partial charge in [0, 0.05) is 19.3 Å². The highest BCUT2D eigenvalue weighted by atomic mass is 16.6. The molecule has 0 aromatic heterocycles. The predicted octanol–water partition coefficient (Wildman–Crippen LogP) is 19.9. The maximum Gasteiger partial charge on any atom is 0.306 e. The van der Waals surface area contributed by atoms with Gasteiger partial charge in [-0.15, -0.1) is 0 Å². The number of allylic oxidation sites excluding steroid dienone is 14. The van der Waals surface area contributed by atoms with Crippen LogP contribution < -0.4 is 0 Å². The van der Waals surface area contributed by atoms with Crippen molar-refractivity contribution in [2.24, 2.45) is 0 Å². The number of ether oxygens (including phenoxy) is 3. The van der Waals surface area contributed by atoms with E-state index in [4.69, 9.17) is 14.2 Å². The van der Waals surface area contributed by atoms with Crippen LogP contribution in [0.3, 0.4) is 0 Å². The Balaban J connectivity index is 4.43. The van der Waals surface area contributed by atoms with E-state index in [0.29, 0.717) is 19.3 Å². The number of unbranched alkanes of at least 4 members (excludes halogenated alkanes) is 28. The molecule has 402 valence electrons. The van der Waals surface area contributed by atoms with Crippen molar-refractivity contribution in [3.8, 4) is 0 Å². The topological polar surface area (TPSA) is 78.9 Å². The van der Waals surface area contributed by atoms with Gasteiger partial charge < -0.3 is 14.2 Å². The molecule has 0 fully saturated rings. The Morgan fingerprint density at radius 3 is 0.914 bits per heavy atom. The van der Waals surface area contributed by atoms with Crippen molar-refractivity contribution in [3.63, 3.8) is 0 Å². The van der Waals surface area contributed by atoms with Gasteiger partial charge in [-0.3, -0.25) is 14.4 Å². The van der Waals surface area contributed by atoms with Crippen LogP contribution in [0.15, 0.2) is 85.1 Å². The molecule has 0 rings (SSSR count). The average Bonchev–Trinajstić information content (AvgIpc) is 3.36. The number of carbonyl (C=O) groups is 3. The molecule has 6 heteroatoms. The molecule has 6 nitrogen and oxygen atoms in total. The molecule has 0 unspecified atom stereocenters. The van der Waals surface area contributed by atoms with Crippen molar-refractivity contribution >= 4 is 17.9 Å². The zero-order chi connectivity index (χ0) is 50.7. The van der Waals surface area contributed by atoms with Crippen LogP contribution in [-0.4, -0.2) is 37.2 Å². The molecule has 0 aromatic rings. The van der Waals surface area contributed by atoms with Gasteiger partial charge in [-0.2, -0.15) is 0 Å². The molecule has 1 atom stereocenters. The van der Waals surface area contributed by atoms with Gasteiger partial charge in [0.05, 0.1) is 0 Å². The fraction of sp³-hybridized carbons (Fsp3) is 0.734. The lowest BCUT2D eigenvalue weighted by Gasteiger charge is -2.18. The number of rotatable bonds is 53. The Kier molecular flexibility index (Phi) is 55.3. The van der Waals surface area contributed by atoms with Crippen LogP contribution in [0.4, 0.5) is 0 Å². The molecular formula is C64H110O6. The maximum absolute atomic E-state index is 12.9. The zero-order valence-electron chi connectivity index (χ0n) is 46.0. The normalized spacial score (nSPS) is 12.7. The van der Waals surface area contributed by atoms with Crippen LogP contribution in [0.2, 0.25) is 0 Å². The van der Waals surface area contributed by atoms with Gasteiger partial charge in [0.2, 0.25) is 0 Å². The van der Waals surface area contributed by atoms with E-state index in [1.54, 1.807) is 0 Å². The Morgan fingerprint density at radius 1 is 0.300 bits per heavy atom. The fourth-order valence-corrected chi connectivity index (χ4v) is 8.21. The van der Waals surface area contributed by atoms with E-state index < -0.39 is 6.10 Å². The van der Waals surface area contributed by atoms with Crippen molar-refractivity contribution in [2.45, 2.75) is 290 Å². The Morgan fingerprint density at radius 2 is 0.557 bits per heavy atom. The number of hydrogen-bond acceptors (Lipinski definition) is 6. The summed E-state index contributed by atoms with van der Waals surface area (Å²) in [6.07, 6.45) is 75.7. The first-order valence-electron chi connectivity index (χ1n) is 29.6. The van der Waals surface area contributed by atoms with Gasteiger partial charge in [0.1, 0.15) is 13.2 Å². The van der Waals surface area contributed by atoms with E-state index in [2.05, 4.69) is 106 Å². The SMILES string of the molecule is CC/C=C\C/C=C\C/C=C\C/C=C\C/C=C\CCCCCC(=O)OC[C@@H](COC(=O)CCCCCCCCCCCCCCCC)OC(=O)CCCCCCCCCCC/C=C\C/C=C\CCCCC. The van der Waals surface area contributed by atoms with Crippen molar-refractivity contribution in [1.29, 1.82) is 0 Å². The first-order valence-corrected chi connectivity index (χ1v) is 29.6. The minimum atomic E-state index is -0.792. The summed E-state index contributed by atoms with van der Waals surface area (Å²) in [5.74, 6) is -0.916. The highest BCUT2D eigenvalue weighted by molar-refractivity contribution is 5.71. The summed E-state index contributed by atoms with van der Waals surface area (Å²) in [6, 6.07) is 0. The van der Waals surface area contributed by atoms with Crippen molar-refractivity contribution in [1.82, 2.24) is 0 Å². The van der Waals surface area contributed by atoms with E-state index in [-0.39, 0.29) is 31.1 Å². The van der Waals surface area contributed by atoms with E-state index in [1.807, 2.05) is 0 Å². The van der Waals surface area contributed by atoms with Crippen LogP contribution in [0, 0.1) is 0 Å². The van der Waals surface area contributed by atoms with Crippen LogP contribution in [0.1, 0.15) is 284 Å². The molecule has 70 heavy (non-hydrogen) atoms. The molecule has 0 amide bonds. The minimum Gasteiger partial charge on any atom is -0.462 e. The van der Waals surface area contributed by atoms with Crippen molar-refractivity contribution in [2.75, 3.05) is 13.2 Å². The van der Waals surface area contributed by atoms with Gasteiger partial charge in [0.25, 0.3) is 0 Å². The predicted molar refractivity (Wildman–Crippen MR) is 302 cm³/mol. The van der Waals surface area contributed by atoms with Gasteiger partial charge in [-0.05, 0) is 96.3 Å². The molecule has 0 N–H and O–H groups in total. The summed E-state index contributed by atoms with van der Waals surface area (Å²) < 4.78 is 16.9. The third-order valence-corrected chi connectivity index (χ3v) is 12.6. The van der Waals surface area contributed by atoms with Crippen molar-refractivity contribution < 1.29 is 28.6 Å². The van der Waals surface area contributed by atoms with Gasteiger partial charge in [-0.1, -0.05) is 254 Å². The lowest BCUT2D eigenvalue weighted by atomic mass is 10.0. The second kappa shape index (κ2) is 58.2. The molecule has 0 saturated heterocycles. The highest BCUT2D eigenvalue weighted by Crippen LogP contribution is 2.16. The molecule has 0 aliphatic rings. The van der Waals surface area contributed by atoms with E-state index in [1.165, 1.54) is 141 Å². The third kappa shape index (κ3) is 55.5. The van der Waals surface area contributed by atoms with E-state index in [0.717, 1.165) is 103 Å². The van der Waals surface area contributed by atoms with Crippen LogP contribution in [-0.2, 0) is 28.6 Å². The quantitative estimate of drug-likeness (QED) is 0.0261. The molecule has 0 saturated carbocycles. The Bertz CT molecular complexity index is 1350. The molecule has 0 aliphatic heterocycles. The third-order valence-electron chi connectivity index (χ3n) is 12.6. The smallest absolute Gasteiger partial charge is 0.306 e. The standard InChI is InChI=1S/C64H110O6/c1-4-7-10-13-16-19-22-25-28-30-32-34-36-39-42-45-48-51-54-57-63(66)69-60-61(59-68-62(65)56-53-50-47-44-41-38-27-24-21-18-15-12-9-6-3)70-64(67)58-55-52-49-46-43-40-37-35-33-31-29-26-23-20-17-14-11-8-5-2/h7,10,16-17,19-20,25-26,28-29,32,34,39,42,61H,4-6,8-9,11-15,18,21-24,27,30-31,33,35-38,40-41,43-60H2,1-3H3/b10-7-,19-16-,20-17-,28-25-,29-26-,34-32-,42-39-/t61-/m1/s1. The number of carbonyl (C=O) groups excluding carboxylic acids is 3. The first-order chi connectivity index (χ1) is 34.5. The lowest BCUT2D eigenvalue weighted by Crippen LogP contribution is -2.30. The second-order valence-corrected chi connectivity index (χ2v) is 19.5. The van der Waals surface area contributed by atoms with E-state index >= 15 is 0 Å². The van der Waals surface area contributed by atoms with Crippen molar-refractivity contribution in [3.05, 3.63) is 85.1 Å². The van der Waals surface area contributed by atoms with Crippen LogP contribution >= 0.6 is 0 Å². The zero-order valence-corrected chi connectivity index (χ0v) is 46.0. The summed E-state index contributed by atoms with van der Waals surface area (Å²) in [5, 5.41) is 0. The molecule has 0 radical (unpaired) electrons. The summed E-state index contributed by atoms with van der Waals surface area (Å²) in [5.41, 5.74) is 0. The van der Waals surface area contributed by atoms with Crippen LogP contribution in [0.5, 0.6) is 0 Å². The minimum absolute atomic E-state index is 0.0868. The summed E-state index contributed by atoms with van der Waals surface area (Å²) in [4.78, 5) is 38.2. The average molecular weight is 976 g/mol. The monoisotopic (exact) mass is 975 g/mol. The highest BCUT2D eigenvalue weighted by Gasteiger charge is 2.19. The summed E-state index contributed by atoms with van der Waals surface area (Å²) in [6.45, 7) is 6.49. The summed E-state index contributed by atoms with van der Waals surface area (Å²) >= 11 is 0. The van der Waals surface area contributed by atoms with Gasteiger partial charge >= 0.3 is 17.9 Å². The largest absolute Gasteiger partial charge is 0.462 e. The lowest BCUT2D eigenvalue weighted by molar-refractivity contribution is -0.167. The number of esters is 3. The Labute approximate surface area is 433 Å². The Hall–Kier alpha value is -3.41. The molecule has 0 aromatic carbocycles.